The van der Waals surface area contributed by atoms with Gasteiger partial charge in [0.1, 0.15) is 0 Å². The van der Waals surface area contributed by atoms with Crippen LogP contribution in [-0.2, 0) is 60.8 Å². The van der Waals surface area contributed by atoms with Gasteiger partial charge in [-0.15, -0.1) is 0 Å². The second kappa shape index (κ2) is 15.8. The van der Waals surface area contributed by atoms with E-state index in [9.17, 15) is 0 Å². The van der Waals surface area contributed by atoms with Gasteiger partial charge in [-0.2, -0.15) is 0 Å². The minimum absolute atomic E-state index is 0.719. The molecule has 0 spiro atoms. The van der Waals surface area contributed by atoms with Gasteiger partial charge < -0.3 is 0 Å². The van der Waals surface area contributed by atoms with Crippen LogP contribution in [-0.4, -0.2) is 0 Å². The first-order chi connectivity index (χ1) is 3.41. The number of hydrogen-bond donors (Lipinski definition) is 0. The summed E-state index contributed by atoms with van der Waals surface area (Å²) < 4.78 is 29.9. The first-order valence-electron chi connectivity index (χ1n) is 0.722. The van der Waals surface area contributed by atoms with Crippen LogP contribution >= 0.6 is 0 Å². The van der Waals surface area contributed by atoms with Gasteiger partial charge in [-0.1, -0.05) is 0 Å². The normalized spacial score (nSPS) is 6.43. The molecule has 7 heavy (non-hydrogen) atoms. The topological polar surface area (TPSA) is 60.4 Å². The molecule has 0 rings (SSSR count). The zero-order valence-corrected chi connectivity index (χ0v) is 6.01. The van der Waals surface area contributed by atoms with E-state index in [4.69, 9.17) is 11.5 Å². The van der Waals surface area contributed by atoms with Crippen LogP contribution in [0.2, 0.25) is 0 Å². The van der Waals surface area contributed by atoms with Crippen molar-refractivity contribution in [2.45, 2.75) is 0 Å². The average molecular weight is 232 g/mol. The molecule has 0 saturated heterocycles. The Labute approximate surface area is 60.8 Å². The average Bonchev–Trinajstić information content (AvgIpc) is 1.75. The summed E-state index contributed by atoms with van der Waals surface area (Å²) in [5.41, 5.74) is 0. The molecule has 0 aliphatic rings. The number of hydrogen-bond acceptors (Lipinski definition) is 4. The quantitative estimate of drug-likeness (QED) is 0.605. The van der Waals surface area contributed by atoms with Crippen LogP contribution in [0.1, 0.15) is 0 Å². The van der Waals surface area contributed by atoms with E-state index in [0.29, 0.717) is 0 Å². The Morgan fingerprint density at radius 3 is 1.43 bits per heavy atom. The van der Waals surface area contributed by atoms with Crippen LogP contribution in [0.25, 0.3) is 0 Å². The first-order valence-corrected chi connectivity index (χ1v) is 2.98. The van der Waals surface area contributed by atoms with Gasteiger partial charge in [0.05, 0.1) is 0 Å². The monoisotopic (exact) mass is 232 g/mol. The minimum atomic E-state index is -0.719. The van der Waals surface area contributed by atoms with E-state index in [-0.39, 0.29) is 0 Å². The molecule has 0 unspecified atom stereocenters. The van der Waals surface area contributed by atoms with Crippen molar-refractivity contribution >= 4 is 0 Å². The van der Waals surface area contributed by atoms with E-state index in [2.05, 4.69) is 2.90 Å². The third-order valence-corrected chi connectivity index (χ3v) is 0.708. The van der Waals surface area contributed by atoms with Crippen molar-refractivity contribution in [3.8, 4) is 0 Å². The number of rotatable bonds is 2. The molecule has 0 aromatic rings. The van der Waals surface area contributed by atoms with Gasteiger partial charge in [0.2, 0.25) is 0 Å². The molecule has 0 aliphatic heterocycles. The van der Waals surface area contributed by atoms with Gasteiger partial charge in [-0.05, 0) is 0 Å². The molecular formula is Fe3O4. The Hall–Kier alpha value is 0.918. The van der Waals surface area contributed by atoms with E-state index in [1.54, 1.807) is 0 Å². The van der Waals surface area contributed by atoms with E-state index >= 15 is 0 Å². The van der Waals surface area contributed by atoms with Crippen molar-refractivity contribution < 1.29 is 60.8 Å². The van der Waals surface area contributed by atoms with Crippen molar-refractivity contribution in [1.29, 1.82) is 0 Å². The third-order valence-electron chi connectivity index (χ3n) is 0.0417. The summed E-state index contributed by atoms with van der Waals surface area (Å²) in [6.07, 6.45) is 0. The van der Waals surface area contributed by atoms with E-state index in [1.165, 1.54) is 0 Å². The molecule has 0 amide bonds. The molecule has 48 valence electrons. The summed E-state index contributed by atoms with van der Waals surface area (Å²) in [4.78, 5) is 0. The summed E-state index contributed by atoms with van der Waals surface area (Å²) in [7, 11) is 0. The van der Waals surface area contributed by atoms with Crippen molar-refractivity contribution in [3.05, 3.63) is 0 Å². The first kappa shape index (κ1) is 10.8. The molecular weight excluding hydrogens is 232 g/mol. The van der Waals surface area contributed by atoms with Crippen LogP contribution in [0.15, 0.2) is 0 Å². The molecule has 0 radical (unpaired) electrons. The van der Waals surface area contributed by atoms with Gasteiger partial charge in [0, 0.05) is 0 Å². The zero-order chi connectivity index (χ0) is 6.12. The molecule has 4 nitrogen and oxygen atoms in total. The van der Waals surface area contributed by atoms with Gasteiger partial charge >= 0.3 is 60.8 Å². The van der Waals surface area contributed by atoms with E-state index < -0.39 is 30.4 Å². The summed E-state index contributed by atoms with van der Waals surface area (Å²) in [5.74, 6) is 0. The van der Waals surface area contributed by atoms with Gasteiger partial charge in [0.25, 0.3) is 0 Å². The summed E-state index contributed by atoms with van der Waals surface area (Å²) in [5, 5.41) is 0. The fraction of sp³-hybridized carbons (Fsp3) is 0. The third kappa shape index (κ3) is 19.6. The Kier molecular flexibility index (Phi) is 24.4. The fourth-order valence-corrected chi connectivity index (χ4v) is 0.145. The summed E-state index contributed by atoms with van der Waals surface area (Å²) in [6, 6.07) is 0. The standard InChI is InChI=1S/3Fe.4O. The van der Waals surface area contributed by atoms with Crippen molar-refractivity contribution in [2.24, 2.45) is 0 Å². The van der Waals surface area contributed by atoms with Gasteiger partial charge in [-0.3, -0.25) is 0 Å². The fourth-order valence-electron chi connectivity index (χ4n) is 0.00851. The molecule has 0 aromatic heterocycles. The van der Waals surface area contributed by atoms with Crippen molar-refractivity contribution in [1.82, 2.24) is 0 Å². The summed E-state index contributed by atoms with van der Waals surface area (Å²) in [6.45, 7) is 0. The molecule has 0 aliphatic carbocycles. The Bertz CT molecular complexity index is 44.9. The Morgan fingerprint density at radius 1 is 1.14 bits per heavy atom. The molecule has 0 aromatic carbocycles. The SMILES string of the molecule is [O]=[Fe].[O]=[Fe][O][Fe]=[O]. The van der Waals surface area contributed by atoms with Crippen LogP contribution in [0.4, 0.5) is 0 Å². The molecule has 0 fully saturated rings. The second-order valence-corrected chi connectivity index (χ2v) is 1.35. The summed E-state index contributed by atoms with van der Waals surface area (Å²) >= 11 is 0.562. The molecule has 0 saturated carbocycles. The predicted molar refractivity (Wildman–Crippen MR) is 3.14 cm³/mol. The van der Waals surface area contributed by atoms with Crippen LogP contribution in [0.3, 0.4) is 0 Å². The Balaban J connectivity index is 0. The second-order valence-electron chi connectivity index (χ2n) is 0.169. The van der Waals surface area contributed by atoms with Gasteiger partial charge in [0.15, 0.2) is 0 Å². The van der Waals surface area contributed by atoms with Crippen LogP contribution < -0.4 is 0 Å². The molecule has 0 heterocycles. The van der Waals surface area contributed by atoms with E-state index in [1.807, 2.05) is 15.9 Å². The molecule has 0 atom stereocenters. The van der Waals surface area contributed by atoms with Gasteiger partial charge in [-0.25, -0.2) is 0 Å². The molecule has 0 bridgehead atoms. The van der Waals surface area contributed by atoms with Crippen molar-refractivity contribution in [3.63, 3.8) is 0 Å². The molecule has 7 heteroatoms. The van der Waals surface area contributed by atoms with E-state index in [0.717, 1.165) is 0 Å². The van der Waals surface area contributed by atoms with Crippen molar-refractivity contribution in [2.75, 3.05) is 0 Å². The maximum atomic E-state index is 9.11. The maximum absolute atomic E-state index is 9.11. The molecule has 0 N–H and O–H groups in total. The van der Waals surface area contributed by atoms with Crippen LogP contribution in [0, 0.1) is 0 Å². The van der Waals surface area contributed by atoms with Crippen LogP contribution in [0.5, 0.6) is 0 Å². The predicted octanol–water partition coefficient (Wildman–Crippen LogP) is -0.432. The Morgan fingerprint density at radius 2 is 1.43 bits per heavy atom. The zero-order valence-electron chi connectivity index (χ0n) is 2.69.